The number of H-pyrrole nitrogens is 2. The van der Waals surface area contributed by atoms with Gasteiger partial charge in [0, 0.05) is 66.6 Å². The Morgan fingerprint density at radius 1 is 0.614 bits per heavy atom. The summed E-state index contributed by atoms with van der Waals surface area (Å²) < 4.78 is 129. The summed E-state index contributed by atoms with van der Waals surface area (Å²) in [7, 11) is -9.51. The minimum absolute atomic E-state index is 0.0149. The number of amides is 1. The molecular formula is C78H84Cl2N9O22P3. The Labute approximate surface area is 665 Å². The fraction of sp³-hybridized carbons (Fsp3) is 0.359. The number of halogens is 2. The van der Waals surface area contributed by atoms with Crippen LogP contribution < -0.4 is 52.0 Å². The second kappa shape index (κ2) is 37.6. The number of methoxy groups -OCH3 is 2. The van der Waals surface area contributed by atoms with E-state index >= 15 is 9.13 Å². The zero-order valence-corrected chi connectivity index (χ0v) is 67.3. The standard InChI is InChI=1S/C78H84Cl2N9O22P3/c1-48(2)89(49(3)4)112(101-39-19-37-81)107-62-40-70(87-43-50(5)72(90)84-76(87)94)105-66(62)46-102-113(96,108-60-26-17-15-24-58(60)79)111-64-42-71(88-44-51(6)73(91)85-77(88)95)106-67(64)47-103-114(97,109-61-27-18-16-25-59(61)80)110-63-41-69(86-38-36-68(83-75(86)93)82-74(92)52-20-11-9-12-21-52)104-65(63)45-100-78(53-22-13-10-14-23-53,54-28-32-56(98-7)33-29-54)55-30-34-57(99-8)35-31-55/h9-18,20-36,38,43-44,48-49,62-67,69-71H,19,39-42,45-47H2,1-8H3,(H,84,90,94)(H,85,91,95)(H,82,83,92,93)/t62-,63-,64-,65+,66+,67+,69+,70+,71+,112?,113?,114?/m0/s1. The number of hydrogen-bond acceptors (Lipinski definition) is 25. The van der Waals surface area contributed by atoms with E-state index in [-0.39, 0.29) is 76.4 Å². The molecule has 1 amide bonds. The molecule has 3 N–H and O–H groups in total. The lowest BCUT2D eigenvalue weighted by molar-refractivity contribution is -0.0949. The van der Waals surface area contributed by atoms with Gasteiger partial charge in [0.1, 0.15) is 83.6 Å². The Kier molecular flexibility index (Phi) is 27.7. The molecule has 3 aliphatic rings. The molecule has 31 nitrogen and oxygen atoms in total. The Bertz CT molecular complexity index is 5240. The zero-order valence-electron chi connectivity index (χ0n) is 63.1. The summed E-state index contributed by atoms with van der Waals surface area (Å²) in [5.41, 5.74) is -3.00. The minimum Gasteiger partial charge on any atom is -0.497 e. The molecule has 3 fully saturated rings. The van der Waals surface area contributed by atoms with Crippen molar-refractivity contribution in [2.45, 2.75) is 140 Å². The summed E-state index contributed by atoms with van der Waals surface area (Å²) >= 11 is 13.6. The molecule has 0 saturated carbocycles. The maximum Gasteiger partial charge on any atom is 0.530 e. The monoisotopic (exact) mass is 1660 g/mol. The van der Waals surface area contributed by atoms with E-state index < -0.39 is 145 Å². The molecule has 12 atom stereocenters. The van der Waals surface area contributed by atoms with Crippen LogP contribution in [0.15, 0.2) is 206 Å². The molecule has 0 spiro atoms. The number of aromatic nitrogens is 6. The highest BCUT2D eigenvalue weighted by molar-refractivity contribution is 7.49. The van der Waals surface area contributed by atoms with Gasteiger partial charge in [-0.25, -0.2) is 28.2 Å². The Morgan fingerprint density at radius 2 is 1.05 bits per heavy atom. The van der Waals surface area contributed by atoms with Crippen molar-refractivity contribution in [1.82, 2.24) is 33.3 Å². The van der Waals surface area contributed by atoms with Crippen LogP contribution >= 0.6 is 47.4 Å². The number of nitrogens with zero attached hydrogens (tertiary/aromatic N) is 6. The van der Waals surface area contributed by atoms with Crippen LogP contribution in [0.4, 0.5) is 5.82 Å². The molecule has 602 valence electrons. The molecule has 3 unspecified atom stereocenters. The Morgan fingerprint density at radius 3 is 1.52 bits per heavy atom. The van der Waals surface area contributed by atoms with Crippen molar-refractivity contribution in [2.24, 2.45) is 0 Å². The molecule has 6 heterocycles. The van der Waals surface area contributed by atoms with E-state index in [9.17, 15) is 34.0 Å². The third-order valence-corrected chi connectivity index (χ3v) is 24.4. The average Bonchev–Trinajstić information content (AvgIpc) is 0.761. The number of nitrogens with one attached hydrogen (secondary N) is 3. The third-order valence-electron chi connectivity index (χ3n) is 18.8. The van der Waals surface area contributed by atoms with Crippen molar-refractivity contribution in [1.29, 1.82) is 5.26 Å². The highest BCUT2D eigenvalue weighted by atomic mass is 35.5. The summed E-state index contributed by atoms with van der Waals surface area (Å²) in [6, 6.07) is 47.2. The van der Waals surface area contributed by atoms with Gasteiger partial charge in [-0.2, -0.15) is 10.2 Å². The van der Waals surface area contributed by atoms with Gasteiger partial charge in [0.25, 0.3) is 25.6 Å². The molecule has 0 bridgehead atoms. The van der Waals surface area contributed by atoms with Gasteiger partial charge in [0.2, 0.25) is 0 Å². The number of hydrogen-bond donors (Lipinski definition) is 3. The van der Waals surface area contributed by atoms with Crippen LogP contribution in [0.25, 0.3) is 0 Å². The highest BCUT2D eigenvalue weighted by Gasteiger charge is 2.51. The number of ether oxygens (including phenoxy) is 6. The van der Waals surface area contributed by atoms with Crippen LogP contribution in [0.5, 0.6) is 23.0 Å². The number of phosphoric acid groups is 2. The SMILES string of the molecule is COc1ccc(C(OC[C@H]2O[C@@H](n3ccc(NC(=O)c4ccccc4)nc3=O)C[C@@H]2OP(=O)(OC[C@H]2O[C@@H](n3cc(C)c(=O)[nH]c3=O)C[C@@H]2OP(=O)(OC[C@H]2O[C@@H](n3cc(C)c(=O)[nH]c3=O)C[C@@H]2OP(OCCC#N)N(C(C)C)C(C)C)Oc2ccccc2Cl)Oc2ccccc2Cl)(c2ccccc2)c2ccc(OC)cc2)cc1. The van der Waals surface area contributed by atoms with Gasteiger partial charge >= 0.3 is 32.7 Å². The van der Waals surface area contributed by atoms with Gasteiger partial charge in [-0.05, 0) is 125 Å². The zero-order chi connectivity index (χ0) is 81.0. The summed E-state index contributed by atoms with van der Waals surface area (Å²) in [5.74, 6) is 0.0677. The van der Waals surface area contributed by atoms with Gasteiger partial charge in [-0.3, -0.25) is 56.1 Å². The number of carbonyl (C=O) groups is 1. The molecule has 3 aliphatic heterocycles. The largest absolute Gasteiger partial charge is 0.530 e. The van der Waals surface area contributed by atoms with Crippen LogP contribution in [0.2, 0.25) is 10.0 Å². The normalized spacial score (nSPS) is 20.9. The van der Waals surface area contributed by atoms with E-state index in [0.717, 1.165) is 9.13 Å². The van der Waals surface area contributed by atoms with Gasteiger partial charge in [0.15, 0.2) is 0 Å². The second-order valence-electron chi connectivity index (χ2n) is 27.2. The molecule has 0 aliphatic carbocycles. The van der Waals surface area contributed by atoms with Crippen molar-refractivity contribution < 1.29 is 78.5 Å². The van der Waals surface area contributed by atoms with Crippen molar-refractivity contribution in [3.05, 3.63) is 278 Å². The minimum atomic E-state index is -5.32. The van der Waals surface area contributed by atoms with Crippen LogP contribution in [0, 0.1) is 25.2 Å². The molecule has 114 heavy (non-hydrogen) atoms. The molecule has 12 rings (SSSR count). The molecule has 6 aromatic carbocycles. The first-order valence-corrected chi connectivity index (χ1v) is 41.1. The molecule has 3 saturated heterocycles. The number of rotatable bonds is 35. The highest BCUT2D eigenvalue weighted by Crippen LogP contribution is 2.59. The van der Waals surface area contributed by atoms with E-state index in [1.165, 1.54) is 73.4 Å². The summed E-state index contributed by atoms with van der Waals surface area (Å²) in [6.07, 6.45) is -8.98. The van der Waals surface area contributed by atoms with Gasteiger partial charge in [-0.15, -0.1) is 0 Å². The first-order valence-electron chi connectivity index (χ1n) is 36.3. The molecule has 9 aromatic rings. The fourth-order valence-corrected chi connectivity index (χ4v) is 18.4. The number of carbonyl (C=O) groups excluding carboxylic acids is 1. The smallest absolute Gasteiger partial charge is 0.497 e. The number of para-hydroxylation sites is 2. The quantitative estimate of drug-likeness (QED) is 0.0189. The molecule has 3 aromatic heterocycles. The molecule has 0 radical (unpaired) electrons. The van der Waals surface area contributed by atoms with E-state index in [1.54, 1.807) is 87.0 Å². The van der Waals surface area contributed by atoms with Gasteiger partial charge < -0.3 is 51.8 Å². The number of aromatic amines is 2. The predicted molar refractivity (Wildman–Crippen MR) is 420 cm³/mol. The fourth-order valence-electron chi connectivity index (χ4n) is 13.3. The van der Waals surface area contributed by atoms with E-state index in [0.29, 0.717) is 33.8 Å². The Balaban J connectivity index is 0.918. The van der Waals surface area contributed by atoms with Crippen LogP contribution in [0.3, 0.4) is 0 Å². The lowest BCUT2D eigenvalue weighted by Crippen LogP contribution is -2.38. The van der Waals surface area contributed by atoms with E-state index in [2.05, 4.69) is 26.3 Å². The van der Waals surface area contributed by atoms with Crippen molar-refractivity contribution in [3.8, 4) is 29.1 Å². The summed E-state index contributed by atoms with van der Waals surface area (Å²) in [5, 5.41) is 12.1. The molecular weight excluding hydrogens is 1580 g/mol. The second-order valence-corrected chi connectivity index (χ2v) is 32.5. The third kappa shape index (κ3) is 20.0. The van der Waals surface area contributed by atoms with Crippen LogP contribution in [-0.2, 0) is 60.8 Å². The lowest BCUT2D eigenvalue weighted by Gasteiger charge is -2.37. The van der Waals surface area contributed by atoms with Gasteiger partial charge in [-0.1, -0.05) is 120 Å². The van der Waals surface area contributed by atoms with Crippen molar-refractivity contribution in [2.75, 3.05) is 46.0 Å². The topological polar surface area (TPSA) is 364 Å². The number of nitriles is 1. The average molecular weight is 1660 g/mol. The van der Waals surface area contributed by atoms with E-state index in [1.807, 2.05) is 87.0 Å². The van der Waals surface area contributed by atoms with Crippen molar-refractivity contribution >= 4 is 59.1 Å². The molecule has 36 heteroatoms. The van der Waals surface area contributed by atoms with Gasteiger partial charge in [0.05, 0.1) is 69.3 Å². The van der Waals surface area contributed by atoms with Crippen molar-refractivity contribution in [3.63, 3.8) is 0 Å². The number of aryl methyl sites for hydroxylation is 2. The lowest BCUT2D eigenvalue weighted by atomic mass is 9.80. The number of phosphoric ester groups is 2. The Hall–Kier alpha value is -9.25. The maximum absolute atomic E-state index is 16.5. The maximum atomic E-state index is 16.5. The van der Waals surface area contributed by atoms with Crippen LogP contribution in [-0.4, -0.2) is 129 Å². The first kappa shape index (κ1) is 84.2. The summed E-state index contributed by atoms with van der Waals surface area (Å²) in [4.78, 5) is 89.7. The summed E-state index contributed by atoms with van der Waals surface area (Å²) in [6.45, 7) is 8.68. The number of benzene rings is 6. The number of anilines is 1. The first-order chi connectivity index (χ1) is 54.8. The predicted octanol–water partition coefficient (Wildman–Crippen LogP) is 13.2. The van der Waals surface area contributed by atoms with E-state index in [4.69, 9.17) is 87.8 Å². The van der Waals surface area contributed by atoms with Crippen LogP contribution in [0.1, 0.15) is 110 Å².